The molecule has 3 N–H and O–H groups in total. The lowest BCUT2D eigenvalue weighted by molar-refractivity contribution is 0.296. The van der Waals surface area contributed by atoms with Gasteiger partial charge in [-0.05, 0) is 26.2 Å². The highest BCUT2D eigenvalue weighted by Gasteiger charge is 2.30. The van der Waals surface area contributed by atoms with Crippen LogP contribution in [0.1, 0.15) is 51.3 Å². The molecule has 1 aliphatic carbocycles. The van der Waals surface area contributed by atoms with E-state index in [1.54, 1.807) is 6.20 Å². The Labute approximate surface area is 127 Å². The Morgan fingerprint density at radius 3 is 2.67 bits per heavy atom. The highest BCUT2D eigenvalue weighted by atomic mass is 32.2. The molecule has 0 radical (unpaired) electrons. The SMILES string of the molecule is CCCn1cc(S(=O)(=O)NCC2(N)CCCCC2)nc1C. The molecule has 2 rings (SSSR count). The minimum absolute atomic E-state index is 0.0906. The maximum Gasteiger partial charge on any atom is 0.259 e. The zero-order valence-electron chi connectivity index (χ0n) is 12.9. The maximum atomic E-state index is 12.3. The fraction of sp³-hybridized carbons (Fsp3) is 0.786. The lowest BCUT2D eigenvalue weighted by atomic mass is 9.83. The Hall–Kier alpha value is -0.920. The Bertz CT molecular complexity index is 574. The van der Waals surface area contributed by atoms with Crippen molar-refractivity contribution in [3.05, 3.63) is 12.0 Å². The zero-order chi connectivity index (χ0) is 15.5. The topological polar surface area (TPSA) is 90.0 Å². The van der Waals surface area contributed by atoms with Gasteiger partial charge in [0.15, 0.2) is 5.03 Å². The van der Waals surface area contributed by atoms with Crippen LogP contribution in [0.4, 0.5) is 0 Å². The highest BCUT2D eigenvalue weighted by Crippen LogP contribution is 2.25. The molecule has 0 bridgehead atoms. The monoisotopic (exact) mass is 314 g/mol. The van der Waals surface area contributed by atoms with Crippen LogP contribution in [0.2, 0.25) is 0 Å². The van der Waals surface area contributed by atoms with Gasteiger partial charge in [-0.2, -0.15) is 0 Å². The molecule has 1 heterocycles. The van der Waals surface area contributed by atoms with E-state index >= 15 is 0 Å². The van der Waals surface area contributed by atoms with E-state index in [9.17, 15) is 8.42 Å². The molecular formula is C14H26N4O2S. The molecule has 6 nitrogen and oxygen atoms in total. The van der Waals surface area contributed by atoms with Crippen molar-refractivity contribution in [3.8, 4) is 0 Å². The second-order valence-electron chi connectivity index (χ2n) is 6.07. The van der Waals surface area contributed by atoms with Crippen LogP contribution in [0.25, 0.3) is 0 Å². The number of sulfonamides is 1. The van der Waals surface area contributed by atoms with Crippen LogP contribution in [-0.2, 0) is 16.6 Å². The van der Waals surface area contributed by atoms with Gasteiger partial charge in [-0.15, -0.1) is 0 Å². The number of aromatic nitrogens is 2. The van der Waals surface area contributed by atoms with Crippen LogP contribution >= 0.6 is 0 Å². The van der Waals surface area contributed by atoms with E-state index in [1.165, 1.54) is 6.42 Å². The number of aryl methyl sites for hydroxylation is 2. The van der Waals surface area contributed by atoms with Crippen molar-refractivity contribution in [2.24, 2.45) is 5.73 Å². The molecule has 1 aromatic rings. The van der Waals surface area contributed by atoms with Crippen LogP contribution in [0, 0.1) is 6.92 Å². The molecule has 120 valence electrons. The molecule has 0 aromatic carbocycles. The molecule has 0 amide bonds. The number of nitrogens with one attached hydrogen (secondary N) is 1. The third kappa shape index (κ3) is 4.05. The molecule has 1 aromatic heterocycles. The van der Waals surface area contributed by atoms with Crippen molar-refractivity contribution in [3.63, 3.8) is 0 Å². The van der Waals surface area contributed by atoms with Gasteiger partial charge in [0.25, 0.3) is 10.0 Å². The Morgan fingerprint density at radius 2 is 2.05 bits per heavy atom. The third-order valence-electron chi connectivity index (χ3n) is 4.16. The van der Waals surface area contributed by atoms with E-state index in [2.05, 4.69) is 9.71 Å². The molecule has 0 aliphatic heterocycles. The first-order chi connectivity index (χ1) is 9.86. The zero-order valence-corrected chi connectivity index (χ0v) is 13.7. The normalized spacial score (nSPS) is 18.8. The number of hydrogen-bond donors (Lipinski definition) is 2. The summed E-state index contributed by atoms with van der Waals surface area (Å²) in [6.45, 7) is 4.93. The molecule has 1 fully saturated rings. The summed E-state index contributed by atoms with van der Waals surface area (Å²) in [5.74, 6) is 0.720. The average Bonchev–Trinajstić information content (AvgIpc) is 2.81. The molecule has 21 heavy (non-hydrogen) atoms. The van der Waals surface area contributed by atoms with Gasteiger partial charge in [0.05, 0.1) is 0 Å². The summed E-state index contributed by atoms with van der Waals surface area (Å²) in [5, 5.41) is 0.0906. The van der Waals surface area contributed by atoms with Crippen LogP contribution in [-0.4, -0.2) is 30.1 Å². The van der Waals surface area contributed by atoms with Gasteiger partial charge in [0.2, 0.25) is 0 Å². The van der Waals surface area contributed by atoms with Crippen LogP contribution in [0.15, 0.2) is 11.2 Å². The first-order valence-electron chi connectivity index (χ1n) is 7.69. The molecule has 1 aliphatic rings. The quantitative estimate of drug-likeness (QED) is 0.833. The fourth-order valence-corrected chi connectivity index (χ4v) is 3.97. The first-order valence-corrected chi connectivity index (χ1v) is 9.17. The smallest absolute Gasteiger partial charge is 0.259 e. The van der Waals surface area contributed by atoms with Gasteiger partial charge in [-0.3, -0.25) is 0 Å². The minimum atomic E-state index is -3.58. The Balaban J connectivity index is 2.06. The molecule has 1 saturated carbocycles. The summed E-state index contributed by atoms with van der Waals surface area (Å²) in [7, 11) is -3.58. The highest BCUT2D eigenvalue weighted by molar-refractivity contribution is 7.89. The number of imidazole rings is 1. The molecular weight excluding hydrogens is 288 g/mol. The van der Waals surface area contributed by atoms with E-state index in [0.717, 1.165) is 44.5 Å². The van der Waals surface area contributed by atoms with Crippen LogP contribution < -0.4 is 10.5 Å². The predicted molar refractivity (Wildman–Crippen MR) is 82.4 cm³/mol. The van der Waals surface area contributed by atoms with Gasteiger partial charge in [-0.25, -0.2) is 18.1 Å². The minimum Gasteiger partial charge on any atom is -0.334 e. The van der Waals surface area contributed by atoms with Crippen LogP contribution in [0.5, 0.6) is 0 Å². The van der Waals surface area contributed by atoms with E-state index in [-0.39, 0.29) is 11.6 Å². The van der Waals surface area contributed by atoms with Crippen molar-refractivity contribution in [2.75, 3.05) is 6.54 Å². The molecule has 0 atom stereocenters. The van der Waals surface area contributed by atoms with E-state index in [1.807, 2.05) is 18.4 Å². The Morgan fingerprint density at radius 1 is 1.38 bits per heavy atom. The van der Waals surface area contributed by atoms with E-state index in [4.69, 9.17) is 5.73 Å². The third-order valence-corrected chi connectivity index (χ3v) is 5.43. The van der Waals surface area contributed by atoms with Crippen LogP contribution in [0.3, 0.4) is 0 Å². The Kier molecular flexibility index (Phi) is 5.06. The lowest BCUT2D eigenvalue weighted by Gasteiger charge is -2.33. The van der Waals surface area contributed by atoms with Crippen molar-refractivity contribution >= 4 is 10.0 Å². The summed E-state index contributed by atoms with van der Waals surface area (Å²) in [5.41, 5.74) is 5.86. The van der Waals surface area contributed by atoms with Crippen molar-refractivity contribution < 1.29 is 8.42 Å². The standard InChI is InChI=1S/C14H26N4O2S/c1-3-9-18-10-13(17-12(18)2)21(19,20)16-11-14(15)7-5-4-6-8-14/h10,16H,3-9,11,15H2,1-2H3. The summed E-state index contributed by atoms with van der Waals surface area (Å²) >= 11 is 0. The molecule has 0 unspecified atom stereocenters. The van der Waals surface area contributed by atoms with E-state index in [0.29, 0.717) is 0 Å². The van der Waals surface area contributed by atoms with Gasteiger partial charge < -0.3 is 10.3 Å². The second kappa shape index (κ2) is 6.46. The largest absolute Gasteiger partial charge is 0.334 e. The second-order valence-corrected chi connectivity index (χ2v) is 7.78. The van der Waals surface area contributed by atoms with Crippen molar-refractivity contribution in [1.82, 2.24) is 14.3 Å². The number of nitrogens with zero attached hydrogens (tertiary/aromatic N) is 2. The summed E-state index contributed by atoms with van der Waals surface area (Å²) < 4.78 is 29.2. The number of rotatable bonds is 6. The fourth-order valence-electron chi connectivity index (χ4n) is 2.82. The van der Waals surface area contributed by atoms with Gasteiger partial charge in [0, 0.05) is 24.8 Å². The van der Waals surface area contributed by atoms with Crippen molar-refractivity contribution in [2.45, 2.75) is 69.5 Å². The molecule has 7 heteroatoms. The van der Waals surface area contributed by atoms with Gasteiger partial charge in [-0.1, -0.05) is 26.2 Å². The summed E-state index contributed by atoms with van der Waals surface area (Å²) in [6, 6.07) is 0. The first kappa shape index (κ1) is 16.5. The number of nitrogens with two attached hydrogens (primary N) is 1. The van der Waals surface area contributed by atoms with Crippen molar-refractivity contribution in [1.29, 1.82) is 0 Å². The average molecular weight is 314 g/mol. The lowest BCUT2D eigenvalue weighted by Crippen LogP contribution is -2.51. The molecule has 0 saturated heterocycles. The van der Waals surface area contributed by atoms with E-state index < -0.39 is 15.6 Å². The van der Waals surface area contributed by atoms with Gasteiger partial charge in [0.1, 0.15) is 5.82 Å². The molecule has 0 spiro atoms. The maximum absolute atomic E-state index is 12.3. The summed E-state index contributed by atoms with van der Waals surface area (Å²) in [4.78, 5) is 4.16. The number of hydrogen-bond acceptors (Lipinski definition) is 4. The van der Waals surface area contributed by atoms with Gasteiger partial charge >= 0.3 is 0 Å². The predicted octanol–water partition coefficient (Wildman–Crippen LogP) is 1.54. The summed E-state index contributed by atoms with van der Waals surface area (Å²) in [6.07, 6.45) is 7.62.